The lowest BCUT2D eigenvalue weighted by Crippen LogP contribution is -2.61. The zero-order valence-electron chi connectivity index (χ0n) is 9.88. The summed E-state index contributed by atoms with van der Waals surface area (Å²) in [4.78, 5) is 0. The van der Waals surface area contributed by atoms with Gasteiger partial charge < -0.3 is 11.1 Å². The second-order valence-electron chi connectivity index (χ2n) is 4.71. The molecule has 0 spiro atoms. The van der Waals surface area contributed by atoms with Crippen molar-refractivity contribution in [1.82, 2.24) is 15.1 Å². The SMILES string of the molecule is Nc1cnn(C(c2ccccc2)C2(F)CNC2)c1. The number of anilines is 1. The maximum absolute atomic E-state index is 14.8. The van der Waals surface area contributed by atoms with E-state index < -0.39 is 11.7 Å². The van der Waals surface area contributed by atoms with Crippen LogP contribution in [0.4, 0.5) is 10.1 Å². The van der Waals surface area contributed by atoms with E-state index in [1.807, 2.05) is 30.3 Å². The highest BCUT2D eigenvalue weighted by molar-refractivity contribution is 5.33. The second-order valence-corrected chi connectivity index (χ2v) is 4.71. The van der Waals surface area contributed by atoms with Crippen LogP contribution in [0.25, 0.3) is 0 Å². The van der Waals surface area contributed by atoms with E-state index >= 15 is 0 Å². The Hall–Kier alpha value is -1.88. The van der Waals surface area contributed by atoms with E-state index in [0.717, 1.165) is 5.56 Å². The Balaban J connectivity index is 2.04. The Labute approximate surface area is 105 Å². The van der Waals surface area contributed by atoms with Gasteiger partial charge in [0.1, 0.15) is 6.04 Å². The van der Waals surface area contributed by atoms with Crippen molar-refractivity contribution in [3.05, 3.63) is 48.3 Å². The topological polar surface area (TPSA) is 55.9 Å². The van der Waals surface area contributed by atoms with Gasteiger partial charge in [-0.25, -0.2) is 4.39 Å². The van der Waals surface area contributed by atoms with Crippen LogP contribution in [0.15, 0.2) is 42.7 Å². The number of nitrogen functional groups attached to an aromatic ring is 1. The van der Waals surface area contributed by atoms with Crippen molar-refractivity contribution < 1.29 is 4.39 Å². The lowest BCUT2D eigenvalue weighted by Gasteiger charge is -2.41. The van der Waals surface area contributed by atoms with E-state index in [2.05, 4.69) is 10.4 Å². The molecule has 1 aromatic heterocycles. The molecule has 1 saturated heterocycles. The van der Waals surface area contributed by atoms with E-state index in [1.165, 1.54) is 0 Å². The van der Waals surface area contributed by atoms with Gasteiger partial charge in [-0.15, -0.1) is 0 Å². The largest absolute Gasteiger partial charge is 0.396 e. The summed E-state index contributed by atoms with van der Waals surface area (Å²) < 4.78 is 16.4. The number of hydrogen-bond acceptors (Lipinski definition) is 3. The fourth-order valence-corrected chi connectivity index (χ4v) is 2.37. The van der Waals surface area contributed by atoms with Crippen LogP contribution < -0.4 is 11.1 Å². The zero-order chi connectivity index (χ0) is 12.6. The lowest BCUT2D eigenvalue weighted by atomic mass is 9.85. The quantitative estimate of drug-likeness (QED) is 0.860. The molecule has 0 amide bonds. The predicted molar refractivity (Wildman–Crippen MR) is 67.9 cm³/mol. The van der Waals surface area contributed by atoms with Crippen LogP contribution in [-0.2, 0) is 0 Å². The number of nitrogens with zero attached hydrogens (tertiary/aromatic N) is 2. The van der Waals surface area contributed by atoms with Crippen molar-refractivity contribution in [3.63, 3.8) is 0 Å². The van der Waals surface area contributed by atoms with E-state index in [9.17, 15) is 4.39 Å². The van der Waals surface area contributed by atoms with Crippen molar-refractivity contribution in [2.45, 2.75) is 11.7 Å². The van der Waals surface area contributed by atoms with Gasteiger partial charge in [-0.2, -0.15) is 5.10 Å². The molecule has 2 heterocycles. The number of hydrogen-bond donors (Lipinski definition) is 2. The van der Waals surface area contributed by atoms with Gasteiger partial charge in [-0.1, -0.05) is 30.3 Å². The summed E-state index contributed by atoms with van der Waals surface area (Å²) in [6.07, 6.45) is 3.22. The molecule has 18 heavy (non-hydrogen) atoms. The summed E-state index contributed by atoms with van der Waals surface area (Å²) in [7, 11) is 0. The van der Waals surface area contributed by atoms with Gasteiger partial charge >= 0.3 is 0 Å². The van der Waals surface area contributed by atoms with E-state index in [-0.39, 0.29) is 0 Å². The standard InChI is InChI=1S/C13H15FN4/c14-13(8-16-9-13)12(10-4-2-1-3-5-10)18-7-11(15)6-17-18/h1-7,12,16H,8-9,15H2. The summed E-state index contributed by atoms with van der Waals surface area (Å²) >= 11 is 0. The Morgan fingerprint density at radius 3 is 2.56 bits per heavy atom. The number of aromatic nitrogens is 2. The third kappa shape index (κ3) is 1.76. The second kappa shape index (κ2) is 4.10. The van der Waals surface area contributed by atoms with Crippen LogP contribution in [0.3, 0.4) is 0 Å². The molecule has 0 aliphatic carbocycles. The number of nitrogens with one attached hydrogen (secondary N) is 1. The number of rotatable bonds is 3. The van der Waals surface area contributed by atoms with Crippen LogP contribution in [0.2, 0.25) is 0 Å². The van der Waals surface area contributed by atoms with Crippen LogP contribution in [0.1, 0.15) is 11.6 Å². The fourth-order valence-electron chi connectivity index (χ4n) is 2.37. The molecule has 2 aromatic rings. The molecule has 1 atom stereocenters. The first-order valence-electron chi connectivity index (χ1n) is 5.93. The molecule has 1 aliphatic rings. The molecule has 3 N–H and O–H groups in total. The molecule has 0 saturated carbocycles. The summed E-state index contributed by atoms with van der Waals surface area (Å²) in [5.41, 5.74) is 5.83. The molecule has 3 rings (SSSR count). The third-order valence-electron chi connectivity index (χ3n) is 3.33. The average Bonchev–Trinajstić information content (AvgIpc) is 2.75. The number of halogens is 1. The van der Waals surface area contributed by atoms with Gasteiger partial charge in [0.2, 0.25) is 0 Å². The number of alkyl halides is 1. The first-order chi connectivity index (χ1) is 8.69. The Morgan fingerprint density at radius 1 is 1.33 bits per heavy atom. The predicted octanol–water partition coefficient (Wildman–Crippen LogP) is 1.37. The minimum absolute atomic E-state index is 0.340. The molecule has 0 radical (unpaired) electrons. The van der Waals surface area contributed by atoms with Crippen molar-refractivity contribution >= 4 is 5.69 Å². The van der Waals surface area contributed by atoms with Crippen molar-refractivity contribution in [3.8, 4) is 0 Å². The Bertz CT molecular complexity index is 533. The monoisotopic (exact) mass is 246 g/mol. The van der Waals surface area contributed by atoms with Crippen LogP contribution in [0, 0.1) is 0 Å². The fraction of sp³-hybridized carbons (Fsp3) is 0.308. The Kier molecular flexibility index (Phi) is 2.56. The lowest BCUT2D eigenvalue weighted by molar-refractivity contribution is 0.0417. The smallest absolute Gasteiger partial charge is 0.162 e. The van der Waals surface area contributed by atoms with Crippen molar-refractivity contribution in [1.29, 1.82) is 0 Å². The van der Waals surface area contributed by atoms with Crippen LogP contribution in [0.5, 0.6) is 0 Å². The highest BCUT2D eigenvalue weighted by Crippen LogP contribution is 2.36. The number of nitrogens with two attached hydrogens (primary N) is 1. The van der Waals surface area contributed by atoms with E-state index in [4.69, 9.17) is 5.73 Å². The molecule has 1 aromatic carbocycles. The highest BCUT2D eigenvalue weighted by atomic mass is 19.1. The van der Waals surface area contributed by atoms with Gasteiger partial charge in [-0.05, 0) is 5.56 Å². The normalized spacial score (nSPS) is 19.2. The van der Waals surface area contributed by atoms with E-state index in [0.29, 0.717) is 18.8 Å². The molecule has 1 unspecified atom stereocenters. The molecule has 4 nitrogen and oxygen atoms in total. The van der Waals surface area contributed by atoms with Crippen LogP contribution >= 0.6 is 0 Å². The maximum atomic E-state index is 14.8. The third-order valence-corrected chi connectivity index (χ3v) is 3.33. The zero-order valence-corrected chi connectivity index (χ0v) is 9.88. The van der Waals surface area contributed by atoms with Gasteiger partial charge in [-0.3, -0.25) is 4.68 Å². The maximum Gasteiger partial charge on any atom is 0.162 e. The molecule has 1 fully saturated rings. The van der Waals surface area contributed by atoms with Gasteiger partial charge in [0.15, 0.2) is 5.67 Å². The minimum atomic E-state index is -1.31. The highest BCUT2D eigenvalue weighted by Gasteiger charge is 2.47. The average molecular weight is 246 g/mol. The summed E-state index contributed by atoms with van der Waals surface area (Å²) in [5, 5.41) is 7.15. The molecular formula is C13H15FN4. The van der Waals surface area contributed by atoms with Gasteiger partial charge in [0.25, 0.3) is 0 Å². The summed E-state index contributed by atoms with van der Waals surface area (Å²) in [5.74, 6) is 0. The minimum Gasteiger partial charge on any atom is -0.396 e. The molecule has 0 bridgehead atoms. The first kappa shape index (κ1) is 11.2. The molecule has 1 aliphatic heterocycles. The summed E-state index contributed by atoms with van der Waals surface area (Å²) in [6, 6.07) is 9.14. The first-order valence-corrected chi connectivity index (χ1v) is 5.93. The van der Waals surface area contributed by atoms with Crippen LogP contribution in [-0.4, -0.2) is 28.5 Å². The Morgan fingerprint density at radius 2 is 2.06 bits per heavy atom. The molecular weight excluding hydrogens is 231 g/mol. The van der Waals surface area contributed by atoms with Crippen molar-refractivity contribution in [2.75, 3.05) is 18.8 Å². The van der Waals surface area contributed by atoms with E-state index in [1.54, 1.807) is 17.1 Å². The molecule has 5 heteroatoms. The van der Waals surface area contributed by atoms with Gasteiger partial charge in [0.05, 0.1) is 11.9 Å². The van der Waals surface area contributed by atoms with Gasteiger partial charge in [0, 0.05) is 19.3 Å². The summed E-state index contributed by atoms with van der Waals surface area (Å²) in [6.45, 7) is 0.679. The molecule has 94 valence electrons. The number of benzene rings is 1. The van der Waals surface area contributed by atoms with Crippen molar-refractivity contribution in [2.24, 2.45) is 0 Å².